The third-order valence-electron chi connectivity index (χ3n) is 5.17. The number of nitrogens with one attached hydrogen (secondary N) is 1. The molecule has 2 fully saturated rings. The summed E-state index contributed by atoms with van der Waals surface area (Å²) < 4.78 is 0. The van der Waals surface area contributed by atoms with Crippen LogP contribution in [0.1, 0.15) is 68.4 Å². The van der Waals surface area contributed by atoms with Crippen LogP contribution in [0.25, 0.3) is 0 Å². The van der Waals surface area contributed by atoms with Crippen LogP contribution >= 0.6 is 0 Å². The number of hydrogen-bond acceptors (Lipinski definition) is 1. The Morgan fingerprint density at radius 3 is 2.37 bits per heavy atom. The molecule has 1 heteroatoms. The fraction of sp³-hybridized carbons (Fsp3) is 0.667. The second kappa shape index (κ2) is 6.09. The van der Waals surface area contributed by atoms with Gasteiger partial charge in [0.2, 0.25) is 0 Å². The molecule has 2 aliphatic rings. The van der Waals surface area contributed by atoms with Crippen molar-refractivity contribution in [3.63, 3.8) is 0 Å². The van der Waals surface area contributed by atoms with Crippen molar-refractivity contribution in [3.8, 4) is 0 Å². The molecule has 0 amide bonds. The molecular weight excluding hydrogens is 230 g/mol. The van der Waals surface area contributed by atoms with E-state index in [1.54, 1.807) is 11.1 Å². The van der Waals surface area contributed by atoms with Crippen LogP contribution in [0.4, 0.5) is 0 Å². The lowest BCUT2D eigenvalue weighted by molar-refractivity contribution is 0.347. The average Bonchev–Trinajstić information content (AvgIpc) is 2.49. The first-order chi connectivity index (χ1) is 9.33. The minimum Gasteiger partial charge on any atom is -0.316 e. The lowest BCUT2D eigenvalue weighted by Crippen LogP contribution is -2.28. The third kappa shape index (κ3) is 3.20. The molecule has 0 radical (unpaired) electrons. The molecule has 1 atom stereocenters. The van der Waals surface area contributed by atoms with Gasteiger partial charge in [-0.25, -0.2) is 0 Å². The summed E-state index contributed by atoms with van der Waals surface area (Å²) in [5.74, 6) is 2.52. The first kappa shape index (κ1) is 13.2. The highest BCUT2D eigenvalue weighted by Crippen LogP contribution is 2.36. The fourth-order valence-corrected chi connectivity index (χ4v) is 3.80. The molecule has 1 heterocycles. The Labute approximate surface area is 117 Å². The fourth-order valence-electron chi connectivity index (χ4n) is 3.80. The van der Waals surface area contributed by atoms with Crippen LogP contribution in [0.3, 0.4) is 0 Å². The van der Waals surface area contributed by atoms with E-state index in [0.29, 0.717) is 0 Å². The van der Waals surface area contributed by atoms with Crippen LogP contribution in [-0.4, -0.2) is 13.1 Å². The number of benzene rings is 1. The molecule has 1 nitrogen and oxygen atoms in total. The van der Waals surface area contributed by atoms with E-state index in [2.05, 4.69) is 36.5 Å². The summed E-state index contributed by atoms with van der Waals surface area (Å²) in [6.45, 7) is 4.78. The molecule has 19 heavy (non-hydrogen) atoms. The van der Waals surface area contributed by atoms with Gasteiger partial charge in [0.1, 0.15) is 0 Å². The lowest BCUT2D eigenvalue weighted by Gasteiger charge is -2.28. The molecule has 1 aromatic carbocycles. The molecule has 104 valence electrons. The van der Waals surface area contributed by atoms with E-state index >= 15 is 0 Å². The molecule has 0 bridgehead atoms. The van der Waals surface area contributed by atoms with Gasteiger partial charge in [0, 0.05) is 6.54 Å². The van der Waals surface area contributed by atoms with Gasteiger partial charge in [-0.3, -0.25) is 0 Å². The summed E-state index contributed by atoms with van der Waals surface area (Å²) in [6, 6.07) is 9.50. The number of piperidine rings is 1. The first-order valence-electron chi connectivity index (χ1n) is 8.13. The van der Waals surface area contributed by atoms with Gasteiger partial charge in [0.25, 0.3) is 0 Å². The molecule has 1 aromatic rings. The van der Waals surface area contributed by atoms with E-state index in [4.69, 9.17) is 0 Å². The summed E-state index contributed by atoms with van der Waals surface area (Å²) >= 11 is 0. The van der Waals surface area contributed by atoms with Gasteiger partial charge in [0.15, 0.2) is 0 Å². The smallest absolute Gasteiger partial charge is 0.00201 e. The van der Waals surface area contributed by atoms with Gasteiger partial charge in [-0.15, -0.1) is 0 Å². The average molecular weight is 257 g/mol. The Morgan fingerprint density at radius 2 is 1.68 bits per heavy atom. The summed E-state index contributed by atoms with van der Waals surface area (Å²) in [6.07, 6.45) is 8.31. The zero-order chi connectivity index (χ0) is 13.1. The highest BCUT2D eigenvalue weighted by atomic mass is 14.9. The highest BCUT2D eigenvalue weighted by molar-refractivity contribution is 5.29. The van der Waals surface area contributed by atoms with Crippen LogP contribution in [0.5, 0.6) is 0 Å². The van der Waals surface area contributed by atoms with E-state index in [1.807, 2.05) is 0 Å². The van der Waals surface area contributed by atoms with Crippen LogP contribution in [0.2, 0.25) is 0 Å². The van der Waals surface area contributed by atoms with Crippen molar-refractivity contribution in [1.29, 1.82) is 0 Å². The topological polar surface area (TPSA) is 12.0 Å². The van der Waals surface area contributed by atoms with Crippen molar-refractivity contribution < 1.29 is 0 Å². The molecule has 1 aliphatic carbocycles. The van der Waals surface area contributed by atoms with Gasteiger partial charge < -0.3 is 5.32 Å². The van der Waals surface area contributed by atoms with E-state index < -0.39 is 0 Å². The normalized spacial score (nSPS) is 32.2. The largest absolute Gasteiger partial charge is 0.316 e. The van der Waals surface area contributed by atoms with Crippen molar-refractivity contribution in [2.75, 3.05) is 13.1 Å². The minimum atomic E-state index is 0.746. The van der Waals surface area contributed by atoms with Crippen molar-refractivity contribution >= 4 is 0 Å². The molecule has 1 saturated heterocycles. The molecule has 3 rings (SSSR count). The van der Waals surface area contributed by atoms with E-state index in [-0.39, 0.29) is 0 Å². The summed E-state index contributed by atoms with van der Waals surface area (Å²) in [7, 11) is 0. The molecule has 0 spiro atoms. The van der Waals surface area contributed by atoms with Crippen molar-refractivity contribution in [3.05, 3.63) is 35.4 Å². The summed E-state index contributed by atoms with van der Waals surface area (Å²) in [4.78, 5) is 0. The number of hydrogen-bond donors (Lipinski definition) is 1. The monoisotopic (exact) mass is 257 g/mol. The maximum atomic E-state index is 3.54. The zero-order valence-electron chi connectivity index (χ0n) is 12.2. The Kier molecular flexibility index (Phi) is 4.22. The van der Waals surface area contributed by atoms with Crippen LogP contribution in [0.15, 0.2) is 24.3 Å². The van der Waals surface area contributed by atoms with Gasteiger partial charge in [-0.05, 0) is 61.1 Å². The predicted octanol–water partition coefficient (Wildman–Crippen LogP) is 4.45. The van der Waals surface area contributed by atoms with E-state index in [1.165, 1.54) is 51.6 Å². The van der Waals surface area contributed by atoms with E-state index in [9.17, 15) is 0 Å². The maximum Gasteiger partial charge on any atom is 0.00201 e. The molecule has 1 unspecified atom stereocenters. The highest BCUT2D eigenvalue weighted by Gasteiger charge is 2.21. The van der Waals surface area contributed by atoms with Crippen LogP contribution in [0, 0.1) is 5.92 Å². The van der Waals surface area contributed by atoms with Gasteiger partial charge in [-0.1, -0.05) is 44.0 Å². The Hall–Kier alpha value is -0.820. The van der Waals surface area contributed by atoms with Crippen molar-refractivity contribution in [2.45, 2.75) is 57.3 Å². The zero-order valence-corrected chi connectivity index (χ0v) is 12.2. The molecule has 0 aromatic heterocycles. The Balaban J connectivity index is 1.72. The Morgan fingerprint density at radius 1 is 0.947 bits per heavy atom. The Bertz CT molecular complexity index is 398. The standard InChI is InChI=1S/C18H27N/c1-14-7-9-15(10-8-14)16-4-2-5-17(12-16)18-6-3-11-19-13-18/h2,4-5,12,14-15,18-19H,3,6-11,13H2,1H3. The quantitative estimate of drug-likeness (QED) is 0.825. The van der Waals surface area contributed by atoms with Crippen LogP contribution in [-0.2, 0) is 0 Å². The number of rotatable bonds is 2. The second-order valence-corrected chi connectivity index (χ2v) is 6.67. The minimum absolute atomic E-state index is 0.746. The molecule has 1 aliphatic heterocycles. The predicted molar refractivity (Wildman–Crippen MR) is 81.7 cm³/mol. The second-order valence-electron chi connectivity index (χ2n) is 6.67. The van der Waals surface area contributed by atoms with Crippen molar-refractivity contribution in [1.82, 2.24) is 5.32 Å². The first-order valence-corrected chi connectivity index (χ1v) is 8.13. The summed E-state index contributed by atoms with van der Waals surface area (Å²) in [5.41, 5.74) is 3.18. The third-order valence-corrected chi connectivity index (χ3v) is 5.17. The van der Waals surface area contributed by atoms with Crippen LogP contribution < -0.4 is 5.32 Å². The molecule has 1 saturated carbocycles. The lowest BCUT2D eigenvalue weighted by atomic mass is 9.78. The van der Waals surface area contributed by atoms with Gasteiger partial charge in [-0.2, -0.15) is 0 Å². The SMILES string of the molecule is CC1CCC(c2cccc(C3CCCNC3)c2)CC1. The molecular formula is C18H27N. The van der Waals surface area contributed by atoms with E-state index in [0.717, 1.165) is 17.8 Å². The maximum absolute atomic E-state index is 3.54. The van der Waals surface area contributed by atoms with Gasteiger partial charge >= 0.3 is 0 Å². The van der Waals surface area contributed by atoms with Gasteiger partial charge in [0.05, 0.1) is 0 Å². The summed E-state index contributed by atoms with van der Waals surface area (Å²) in [5, 5.41) is 3.54. The van der Waals surface area contributed by atoms with Crippen molar-refractivity contribution in [2.24, 2.45) is 5.92 Å². The molecule has 1 N–H and O–H groups in total.